The van der Waals surface area contributed by atoms with Crippen molar-refractivity contribution < 1.29 is 14.8 Å². The second-order valence-corrected chi connectivity index (χ2v) is 7.34. The average Bonchev–Trinajstić information content (AvgIpc) is 2.64. The molecule has 128 valence electrons. The Labute approximate surface area is 152 Å². The van der Waals surface area contributed by atoms with Crippen molar-refractivity contribution in [1.29, 1.82) is 0 Å². The molecule has 0 radical (unpaired) electrons. The van der Waals surface area contributed by atoms with Crippen LogP contribution in [0.4, 0.5) is 17.1 Å². The number of benzene rings is 3. The van der Waals surface area contributed by atoms with Gasteiger partial charge in [0.25, 0.3) is 0 Å². The lowest BCUT2D eigenvalue weighted by molar-refractivity contribution is 0.424. The van der Waals surface area contributed by atoms with Gasteiger partial charge in [-0.05, 0) is 40.9 Å². The number of rotatable bonds is 1. The van der Waals surface area contributed by atoms with Crippen LogP contribution in [0.2, 0.25) is 0 Å². The Balaban J connectivity index is 1.90. The maximum atomic E-state index is 9.78. The average molecular weight is 343 g/mol. The highest BCUT2D eigenvalue weighted by atomic mass is 16.5. The molecule has 0 saturated carbocycles. The van der Waals surface area contributed by atoms with Gasteiger partial charge in [0, 0.05) is 5.41 Å². The zero-order valence-electron chi connectivity index (χ0n) is 14.6. The first kappa shape index (κ1) is 15.5. The van der Waals surface area contributed by atoms with E-state index in [1.165, 1.54) is 5.56 Å². The minimum atomic E-state index is -1.54. The van der Waals surface area contributed by atoms with Crippen molar-refractivity contribution >= 4 is 29.6 Å². The van der Waals surface area contributed by atoms with E-state index in [2.05, 4.69) is 30.9 Å². The Morgan fingerprint density at radius 1 is 0.846 bits per heavy atom. The molecule has 3 aromatic carbocycles. The number of anilines is 3. The van der Waals surface area contributed by atoms with E-state index >= 15 is 0 Å². The molecule has 26 heavy (non-hydrogen) atoms. The van der Waals surface area contributed by atoms with E-state index < -0.39 is 7.12 Å². The van der Waals surface area contributed by atoms with Gasteiger partial charge in [0.05, 0.1) is 17.1 Å². The molecule has 3 aromatic rings. The van der Waals surface area contributed by atoms with E-state index in [0.717, 1.165) is 28.4 Å². The Kier molecular flexibility index (Phi) is 3.06. The van der Waals surface area contributed by atoms with Crippen LogP contribution in [-0.4, -0.2) is 17.2 Å². The smallest absolute Gasteiger partial charge is 0.453 e. The molecule has 2 N–H and O–H groups in total. The van der Waals surface area contributed by atoms with Crippen LogP contribution in [0, 0.1) is 0 Å². The van der Waals surface area contributed by atoms with E-state index in [4.69, 9.17) is 4.74 Å². The lowest BCUT2D eigenvalue weighted by atomic mass is 9.69. The van der Waals surface area contributed by atoms with Crippen LogP contribution in [-0.2, 0) is 5.41 Å². The summed E-state index contributed by atoms with van der Waals surface area (Å²) in [5, 5.41) is 19.6. The number of para-hydroxylation sites is 3. The standard InChI is InChI=1S/C21H18BNO3/c1-21(2)14-7-3-4-8-16(14)23-17-9-5-6-10-18(17)26-19-12-13(22(24)25)11-15(21)20(19)23/h3-12,24-25H,1-2H3. The van der Waals surface area contributed by atoms with Gasteiger partial charge in [-0.3, -0.25) is 0 Å². The van der Waals surface area contributed by atoms with Crippen molar-refractivity contribution in [1.82, 2.24) is 0 Å². The van der Waals surface area contributed by atoms with Crippen LogP contribution in [0.1, 0.15) is 25.0 Å². The van der Waals surface area contributed by atoms with Crippen molar-refractivity contribution in [3.05, 3.63) is 71.8 Å². The molecular weight excluding hydrogens is 325 g/mol. The van der Waals surface area contributed by atoms with Crippen molar-refractivity contribution in [2.45, 2.75) is 19.3 Å². The van der Waals surface area contributed by atoms with Gasteiger partial charge < -0.3 is 19.7 Å². The molecule has 0 aromatic heterocycles. The van der Waals surface area contributed by atoms with Gasteiger partial charge in [0.1, 0.15) is 0 Å². The highest BCUT2D eigenvalue weighted by Gasteiger charge is 2.42. The van der Waals surface area contributed by atoms with E-state index in [9.17, 15) is 10.0 Å². The normalized spacial score (nSPS) is 15.5. The van der Waals surface area contributed by atoms with Crippen LogP contribution < -0.4 is 15.1 Å². The number of nitrogens with zero attached hydrogens (tertiary/aromatic N) is 1. The van der Waals surface area contributed by atoms with Crippen LogP contribution in [0.5, 0.6) is 11.5 Å². The predicted octanol–water partition coefficient (Wildman–Crippen LogP) is 3.58. The fourth-order valence-corrected chi connectivity index (χ4v) is 4.12. The third-order valence-electron chi connectivity index (χ3n) is 5.44. The second-order valence-electron chi connectivity index (χ2n) is 7.34. The summed E-state index contributed by atoms with van der Waals surface area (Å²) in [7, 11) is -1.54. The van der Waals surface area contributed by atoms with E-state index in [-0.39, 0.29) is 5.41 Å². The van der Waals surface area contributed by atoms with Crippen LogP contribution in [0.3, 0.4) is 0 Å². The maximum absolute atomic E-state index is 9.78. The zero-order valence-corrected chi connectivity index (χ0v) is 14.6. The highest BCUT2D eigenvalue weighted by molar-refractivity contribution is 6.58. The number of fused-ring (bicyclic) bond motifs is 4. The van der Waals surface area contributed by atoms with Gasteiger partial charge in [0.15, 0.2) is 11.5 Å². The van der Waals surface area contributed by atoms with Crippen LogP contribution in [0.25, 0.3) is 0 Å². The molecule has 0 atom stereocenters. The van der Waals surface area contributed by atoms with Crippen molar-refractivity contribution in [3.8, 4) is 11.5 Å². The molecule has 0 aliphatic carbocycles. The molecule has 0 bridgehead atoms. The predicted molar refractivity (Wildman–Crippen MR) is 103 cm³/mol. The summed E-state index contributed by atoms with van der Waals surface area (Å²) in [6.45, 7) is 4.32. The van der Waals surface area contributed by atoms with Gasteiger partial charge in [-0.1, -0.05) is 50.2 Å². The van der Waals surface area contributed by atoms with E-state index in [1.807, 2.05) is 42.5 Å². The first-order valence-corrected chi connectivity index (χ1v) is 8.69. The first-order chi connectivity index (χ1) is 12.5. The van der Waals surface area contributed by atoms with Crippen molar-refractivity contribution in [3.63, 3.8) is 0 Å². The van der Waals surface area contributed by atoms with Gasteiger partial charge >= 0.3 is 7.12 Å². The fourth-order valence-electron chi connectivity index (χ4n) is 4.12. The third kappa shape index (κ3) is 1.93. The molecule has 0 spiro atoms. The largest absolute Gasteiger partial charge is 0.488 e. The quantitative estimate of drug-likeness (QED) is 0.519. The van der Waals surface area contributed by atoms with Crippen molar-refractivity contribution in [2.24, 2.45) is 0 Å². The van der Waals surface area contributed by atoms with E-state index in [1.54, 1.807) is 6.07 Å². The number of ether oxygens (including phenoxy) is 1. The molecular formula is C21H18BNO3. The SMILES string of the molecule is CC1(C)c2ccccc2N2c3ccccc3Oc3cc(B(O)O)cc1c32. The molecule has 0 unspecified atom stereocenters. The minimum Gasteiger partial charge on any atom is -0.453 e. The molecule has 0 amide bonds. The summed E-state index contributed by atoms with van der Waals surface area (Å²) < 4.78 is 6.16. The summed E-state index contributed by atoms with van der Waals surface area (Å²) in [5.41, 5.74) is 5.44. The Morgan fingerprint density at radius 3 is 2.31 bits per heavy atom. The number of hydrogen-bond donors (Lipinski definition) is 2. The highest BCUT2D eigenvalue weighted by Crippen LogP contribution is 2.59. The third-order valence-corrected chi connectivity index (χ3v) is 5.44. The molecule has 2 aliphatic rings. The van der Waals surface area contributed by atoms with Crippen LogP contribution >= 0.6 is 0 Å². The first-order valence-electron chi connectivity index (χ1n) is 8.69. The summed E-state index contributed by atoms with van der Waals surface area (Å²) >= 11 is 0. The summed E-state index contributed by atoms with van der Waals surface area (Å²) in [6, 6.07) is 19.9. The summed E-state index contributed by atoms with van der Waals surface area (Å²) in [6.07, 6.45) is 0. The molecule has 5 rings (SSSR count). The Hall–Kier alpha value is -2.76. The van der Waals surface area contributed by atoms with Crippen molar-refractivity contribution in [2.75, 3.05) is 4.90 Å². The van der Waals surface area contributed by atoms with Gasteiger partial charge in [0.2, 0.25) is 0 Å². The topological polar surface area (TPSA) is 52.9 Å². The Morgan fingerprint density at radius 2 is 1.54 bits per heavy atom. The Bertz CT molecular complexity index is 1050. The monoisotopic (exact) mass is 343 g/mol. The second kappa shape index (κ2) is 5.13. The number of hydrogen-bond acceptors (Lipinski definition) is 4. The molecule has 0 fully saturated rings. The zero-order chi connectivity index (χ0) is 18.1. The molecule has 2 aliphatic heterocycles. The summed E-state index contributed by atoms with van der Waals surface area (Å²) in [5.74, 6) is 1.40. The molecule has 2 heterocycles. The van der Waals surface area contributed by atoms with Crippen LogP contribution in [0.15, 0.2) is 60.7 Å². The van der Waals surface area contributed by atoms with E-state index in [0.29, 0.717) is 11.2 Å². The summed E-state index contributed by atoms with van der Waals surface area (Å²) in [4.78, 5) is 2.22. The van der Waals surface area contributed by atoms with Gasteiger partial charge in [-0.25, -0.2) is 0 Å². The van der Waals surface area contributed by atoms with Gasteiger partial charge in [-0.2, -0.15) is 0 Å². The minimum absolute atomic E-state index is 0.294. The maximum Gasteiger partial charge on any atom is 0.488 e. The fraction of sp³-hybridized carbons (Fsp3) is 0.143. The molecule has 4 nitrogen and oxygen atoms in total. The van der Waals surface area contributed by atoms with Gasteiger partial charge in [-0.15, -0.1) is 0 Å². The lowest BCUT2D eigenvalue weighted by Gasteiger charge is -2.45. The molecule has 0 saturated heterocycles. The lowest BCUT2D eigenvalue weighted by Crippen LogP contribution is -2.37. The molecule has 5 heteroatoms.